The molecule has 1 aliphatic carbocycles. The van der Waals surface area contributed by atoms with Crippen LogP contribution in [-0.2, 0) is 11.2 Å². The van der Waals surface area contributed by atoms with E-state index in [1.54, 1.807) is 0 Å². The molecule has 0 radical (unpaired) electrons. The number of nitrogens with zero attached hydrogens (tertiary/aromatic N) is 2. The summed E-state index contributed by atoms with van der Waals surface area (Å²) in [4.78, 5) is 5.46. The van der Waals surface area contributed by atoms with Gasteiger partial charge in [-0.3, -0.25) is 0 Å². The Morgan fingerprint density at radius 2 is 1.92 bits per heavy atom. The maximum absolute atomic E-state index is 5.60. The molecule has 3 nitrogen and oxygen atoms in total. The smallest absolute Gasteiger partial charge is 0.0509 e. The highest BCUT2D eigenvalue weighted by atomic mass is 16.5. The Bertz CT molecular complexity index is 530. The monoisotopic (exact) mass is 328 g/mol. The summed E-state index contributed by atoms with van der Waals surface area (Å²) in [6.45, 7) is 8.59. The first-order chi connectivity index (χ1) is 11.8. The van der Waals surface area contributed by atoms with Crippen LogP contribution in [0.2, 0.25) is 0 Å². The highest BCUT2D eigenvalue weighted by Crippen LogP contribution is 2.45. The lowest BCUT2D eigenvalue weighted by molar-refractivity contribution is 0.0965. The molecule has 0 unspecified atom stereocenters. The van der Waals surface area contributed by atoms with E-state index < -0.39 is 0 Å². The van der Waals surface area contributed by atoms with Gasteiger partial charge in [0, 0.05) is 51.2 Å². The van der Waals surface area contributed by atoms with Gasteiger partial charge in [-0.05, 0) is 43.7 Å². The van der Waals surface area contributed by atoms with Gasteiger partial charge < -0.3 is 14.5 Å². The zero-order valence-electron chi connectivity index (χ0n) is 15.1. The van der Waals surface area contributed by atoms with E-state index in [-0.39, 0.29) is 0 Å². The second kappa shape index (κ2) is 7.15. The Hall–Kier alpha value is -0.900. The maximum Gasteiger partial charge on any atom is 0.0509 e. The molecule has 2 heterocycles. The molecule has 3 aliphatic rings. The van der Waals surface area contributed by atoms with Crippen molar-refractivity contribution in [3.63, 3.8) is 0 Å². The number of methoxy groups -OCH3 is 1. The average Bonchev–Trinajstić information content (AvgIpc) is 3.22. The molecule has 1 aromatic rings. The number of ether oxygens (including phenoxy) is 1. The molecule has 2 atom stereocenters. The molecule has 0 amide bonds. The first kappa shape index (κ1) is 16.6. The third-order valence-corrected chi connectivity index (χ3v) is 6.49. The molecular weight excluding hydrogens is 296 g/mol. The number of likely N-dealkylation sites (tertiary alicyclic amines) is 2. The molecule has 2 aliphatic heterocycles. The lowest BCUT2D eigenvalue weighted by Gasteiger charge is -2.30. The lowest BCUT2D eigenvalue weighted by Crippen LogP contribution is -2.36. The summed E-state index contributed by atoms with van der Waals surface area (Å²) in [6, 6.07) is 10.9. The lowest BCUT2D eigenvalue weighted by atomic mass is 9.77. The summed E-state index contributed by atoms with van der Waals surface area (Å²) >= 11 is 0. The number of hydrogen-bond acceptors (Lipinski definition) is 3. The van der Waals surface area contributed by atoms with Crippen molar-refractivity contribution in [2.75, 3.05) is 53.0 Å². The van der Waals surface area contributed by atoms with Gasteiger partial charge in [0.1, 0.15) is 0 Å². The highest BCUT2D eigenvalue weighted by molar-refractivity contribution is 5.15. The van der Waals surface area contributed by atoms with Crippen molar-refractivity contribution >= 4 is 0 Å². The van der Waals surface area contributed by atoms with Crippen LogP contribution in [0, 0.1) is 17.3 Å². The second-order valence-electron chi connectivity index (χ2n) is 8.41. The quantitative estimate of drug-likeness (QED) is 0.765. The molecule has 4 rings (SSSR count). The van der Waals surface area contributed by atoms with Crippen molar-refractivity contribution in [1.82, 2.24) is 9.80 Å². The zero-order chi connectivity index (χ0) is 16.4. The van der Waals surface area contributed by atoms with Crippen LogP contribution in [0.4, 0.5) is 0 Å². The first-order valence-electron chi connectivity index (χ1n) is 9.75. The molecule has 24 heavy (non-hydrogen) atoms. The van der Waals surface area contributed by atoms with Crippen LogP contribution in [0.3, 0.4) is 0 Å². The second-order valence-corrected chi connectivity index (χ2v) is 8.41. The zero-order valence-corrected chi connectivity index (χ0v) is 15.1. The fourth-order valence-electron chi connectivity index (χ4n) is 4.95. The maximum atomic E-state index is 5.60. The van der Waals surface area contributed by atoms with Crippen LogP contribution in [0.5, 0.6) is 0 Å². The summed E-state index contributed by atoms with van der Waals surface area (Å²) in [6.07, 6.45) is 5.46. The van der Waals surface area contributed by atoms with Crippen molar-refractivity contribution in [3.05, 3.63) is 35.9 Å². The van der Waals surface area contributed by atoms with E-state index in [0.717, 1.165) is 18.4 Å². The van der Waals surface area contributed by atoms with Gasteiger partial charge in [-0.1, -0.05) is 30.3 Å². The molecule has 3 fully saturated rings. The summed E-state index contributed by atoms with van der Waals surface area (Å²) in [7, 11) is 1.87. The van der Waals surface area contributed by atoms with Gasteiger partial charge in [0.2, 0.25) is 0 Å². The minimum absolute atomic E-state index is 0.488. The normalized spacial score (nSPS) is 31.3. The largest absolute Gasteiger partial charge is 0.384 e. The van der Waals surface area contributed by atoms with E-state index in [2.05, 4.69) is 40.1 Å². The fourth-order valence-corrected chi connectivity index (χ4v) is 4.95. The Morgan fingerprint density at radius 1 is 1.12 bits per heavy atom. The minimum Gasteiger partial charge on any atom is -0.384 e. The fraction of sp³-hybridized carbons (Fsp3) is 0.714. The number of benzene rings is 1. The molecule has 1 aromatic carbocycles. The molecule has 0 bridgehead atoms. The van der Waals surface area contributed by atoms with Crippen molar-refractivity contribution in [2.45, 2.75) is 25.7 Å². The third kappa shape index (κ3) is 3.68. The molecule has 1 saturated carbocycles. The van der Waals surface area contributed by atoms with E-state index in [0.29, 0.717) is 5.41 Å². The van der Waals surface area contributed by atoms with Crippen LogP contribution in [0.15, 0.2) is 30.3 Å². The molecular formula is C21H32N2O. The Morgan fingerprint density at radius 3 is 2.67 bits per heavy atom. The van der Waals surface area contributed by atoms with Gasteiger partial charge >= 0.3 is 0 Å². The van der Waals surface area contributed by atoms with E-state index in [1.165, 1.54) is 70.5 Å². The van der Waals surface area contributed by atoms with Crippen molar-refractivity contribution in [3.8, 4) is 0 Å². The summed E-state index contributed by atoms with van der Waals surface area (Å²) < 4.78 is 5.60. The number of rotatable bonds is 7. The Labute approximate surface area is 147 Å². The topological polar surface area (TPSA) is 15.7 Å². The van der Waals surface area contributed by atoms with Crippen LogP contribution >= 0.6 is 0 Å². The summed E-state index contributed by atoms with van der Waals surface area (Å²) in [5, 5.41) is 0. The van der Waals surface area contributed by atoms with Crippen LogP contribution in [0.25, 0.3) is 0 Å². The summed E-state index contributed by atoms with van der Waals surface area (Å²) in [5.74, 6) is 1.72. The predicted molar refractivity (Wildman–Crippen MR) is 98.2 cm³/mol. The molecule has 132 valence electrons. The first-order valence-corrected chi connectivity index (χ1v) is 9.75. The van der Waals surface area contributed by atoms with E-state index in [9.17, 15) is 0 Å². The van der Waals surface area contributed by atoms with Gasteiger partial charge in [0.15, 0.2) is 0 Å². The molecule has 0 N–H and O–H groups in total. The Kier molecular flexibility index (Phi) is 4.93. The SMILES string of the molecule is COC[C@@H]1CN(CC2CC2)C[C@@]12CCN(CCc1ccccc1)C2. The van der Waals surface area contributed by atoms with Crippen LogP contribution < -0.4 is 0 Å². The van der Waals surface area contributed by atoms with Crippen molar-refractivity contribution in [1.29, 1.82) is 0 Å². The van der Waals surface area contributed by atoms with E-state index in [1.807, 2.05) is 7.11 Å². The van der Waals surface area contributed by atoms with Gasteiger partial charge in [0.05, 0.1) is 6.61 Å². The van der Waals surface area contributed by atoms with Crippen molar-refractivity contribution < 1.29 is 4.74 Å². The van der Waals surface area contributed by atoms with Gasteiger partial charge in [-0.25, -0.2) is 0 Å². The van der Waals surface area contributed by atoms with Gasteiger partial charge in [-0.2, -0.15) is 0 Å². The highest BCUT2D eigenvalue weighted by Gasteiger charge is 2.50. The van der Waals surface area contributed by atoms with Gasteiger partial charge in [-0.15, -0.1) is 0 Å². The van der Waals surface area contributed by atoms with Crippen LogP contribution in [-0.4, -0.2) is 62.8 Å². The molecule has 2 saturated heterocycles. The average molecular weight is 328 g/mol. The standard InChI is InChI=1S/C21H32N2O/c1-24-15-20-14-23(13-19-7-8-19)17-21(20)10-12-22(16-21)11-9-18-5-3-2-4-6-18/h2-6,19-20H,7-17H2,1H3/t20-,21-/m0/s1. The molecule has 0 aromatic heterocycles. The van der Waals surface area contributed by atoms with E-state index in [4.69, 9.17) is 4.74 Å². The van der Waals surface area contributed by atoms with Crippen LogP contribution in [0.1, 0.15) is 24.8 Å². The summed E-state index contributed by atoms with van der Waals surface area (Å²) in [5.41, 5.74) is 1.95. The van der Waals surface area contributed by atoms with E-state index >= 15 is 0 Å². The minimum atomic E-state index is 0.488. The predicted octanol–water partition coefficient (Wildman–Crippen LogP) is 2.91. The number of hydrogen-bond donors (Lipinski definition) is 0. The Balaban J connectivity index is 1.35. The van der Waals surface area contributed by atoms with Crippen molar-refractivity contribution in [2.24, 2.45) is 17.3 Å². The molecule has 1 spiro atoms. The van der Waals surface area contributed by atoms with Gasteiger partial charge in [0.25, 0.3) is 0 Å². The third-order valence-electron chi connectivity index (χ3n) is 6.49. The molecule has 3 heteroatoms.